The first-order valence-electron chi connectivity index (χ1n) is 11.4. The molecule has 1 saturated carbocycles. The van der Waals surface area contributed by atoms with E-state index in [-0.39, 0.29) is 18.1 Å². The molecule has 6 bridgehead atoms. The topological polar surface area (TPSA) is 119 Å². The first-order chi connectivity index (χ1) is 16.0. The molecule has 3 N–H and O–H groups in total. The lowest BCUT2D eigenvalue weighted by Gasteiger charge is -2.14. The number of hydrogen-bond donors (Lipinski definition) is 3. The molecule has 0 unspecified atom stereocenters. The molecule has 3 aromatic heterocycles. The van der Waals surface area contributed by atoms with Crippen LogP contribution in [0.1, 0.15) is 48.6 Å². The van der Waals surface area contributed by atoms with E-state index >= 15 is 0 Å². The number of carbonyl (C=O) groups excluding carboxylic acids is 1. The zero-order chi connectivity index (χ0) is 22.8. The molecule has 0 aromatic carbocycles. The van der Waals surface area contributed by atoms with Crippen LogP contribution in [-0.2, 0) is 23.1 Å². The van der Waals surface area contributed by atoms with Crippen molar-refractivity contribution in [3.05, 3.63) is 41.3 Å². The average molecular weight is 452 g/mol. The van der Waals surface area contributed by atoms with Gasteiger partial charge < -0.3 is 20.1 Å². The van der Waals surface area contributed by atoms with Gasteiger partial charge in [-0.05, 0) is 50.3 Å². The summed E-state index contributed by atoms with van der Waals surface area (Å²) in [5.41, 5.74) is 4.97. The minimum atomic E-state index is -0.362. The molecule has 1 amide bonds. The van der Waals surface area contributed by atoms with Gasteiger partial charge in [0.25, 0.3) is 0 Å². The van der Waals surface area contributed by atoms with Gasteiger partial charge in [-0.1, -0.05) is 0 Å². The lowest BCUT2D eigenvalue weighted by atomic mass is 10.0. The van der Waals surface area contributed by atoms with Gasteiger partial charge >= 0.3 is 6.09 Å². The van der Waals surface area contributed by atoms with Crippen molar-refractivity contribution in [1.82, 2.24) is 30.3 Å². The summed E-state index contributed by atoms with van der Waals surface area (Å²) in [6, 6.07) is 6.04. The second kappa shape index (κ2) is 9.22. The average Bonchev–Trinajstić information content (AvgIpc) is 3.51. The van der Waals surface area contributed by atoms with Crippen LogP contribution in [0.25, 0.3) is 11.3 Å². The van der Waals surface area contributed by atoms with Gasteiger partial charge in [0.05, 0.1) is 24.2 Å². The van der Waals surface area contributed by atoms with Crippen molar-refractivity contribution in [3.8, 4) is 11.3 Å². The second-order valence-corrected chi connectivity index (χ2v) is 8.74. The molecule has 1 aliphatic carbocycles. The number of aryl methyl sites for hydroxylation is 2. The van der Waals surface area contributed by atoms with E-state index in [0.29, 0.717) is 37.8 Å². The number of carbonyl (C=O) groups is 1. The van der Waals surface area contributed by atoms with Crippen LogP contribution in [0, 0.1) is 6.92 Å². The molecule has 33 heavy (non-hydrogen) atoms. The molecule has 0 saturated heterocycles. The van der Waals surface area contributed by atoms with Gasteiger partial charge in [-0.2, -0.15) is 10.2 Å². The number of ether oxygens (including phenoxy) is 2. The number of rotatable bonds is 1. The van der Waals surface area contributed by atoms with Crippen molar-refractivity contribution in [3.63, 3.8) is 0 Å². The van der Waals surface area contributed by atoms with Gasteiger partial charge in [0.2, 0.25) is 0 Å². The highest BCUT2D eigenvalue weighted by Gasteiger charge is 2.30. The molecule has 5 rings (SSSR count). The number of nitrogens with zero attached hydrogens (tertiary/aromatic N) is 4. The van der Waals surface area contributed by atoms with Crippen molar-refractivity contribution in [2.45, 2.75) is 51.2 Å². The summed E-state index contributed by atoms with van der Waals surface area (Å²) >= 11 is 0. The Labute approximate surface area is 192 Å². The van der Waals surface area contributed by atoms with Crippen LogP contribution in [0.5, 0.6) is 0 Å². The Morgan fingerprint density at radius 1 is 1.18 bits per heavy atom. The lowest BCUT2D eigenvalue weighted by molar-refractivity contribution is 0.0956. The number of aromatic nitrogens is 5. The monoisotopic (exact) mass is 451 g/mol. The van der Waals surface area contributed by atoms with Crippen molar-refractivity contribution in [2.24, 2.45) is 7.05 Å². The number of aromatic amines is 1. The van der Waals surface area contributed by atoms with E-state index in [2.05, 4.69) is 25.9 Å². The van der Waals surface area contributed by atoms with Gasteiger partial charge in [-0.15, -0.1) is 0 Å². The van der Waals surface area contributed by atoms with E-state index in [1.807, 2.05) is 43.0 Å². The highest BCUT2D eigenvalue weighted by atomic mass is 16.6. The number of alkyl carbamates (subject to hydrolysis) is 1. The quantitative estimate of drug-likeness (QED) is 0.518. The Hall–Kier alpha value is -3.40. The Kier molecular flexibility index (Phi) is 5.99. The van der Waals surface area contributed by atoms with E-state index in [4.69, 9.17) is 14.5 Å². The molecule has 1 aliphatic heterocycles. The molecule has 10 nitrogen and oxygen atoms in total. The van der Waals surface area contributed by atoms with Crippen LogP contribution in [0.3, 0.4) is 0 Å². The second-order valence-electron chi connectivity index (χ2n) is 8.74. The number of hydrogen-bond acceptors (Lipinski definition) is 7. The molecule has 174 valence electrons. The van der Waals surface area contributed by atoms with Gasteiger partial charge in [-0.3, -0.25) is 9.78 Å². The summed E-state index contributed by atoms with van der Waals surface area (Å²) in [7, 11) is 1.93. The zero-order valence-electron chi connectivity index (χ0n) is 18.9. The lowest BCUT2D eigenvalue weighted by Crippen LogP contribution is -2.29. The number of H-pyrrole nitrogens is 1. The Balaban J connectivity index is 1.45. The van der Waals surface area contributed by atoms with Crippen LogP contribution < -0.4 is 10.6 Å². The van der Waals surface area contributed by atoms with Crippen LogP contribution in [0.2, 0.25) is 0 Å². The number of anilines is 2. The summed E-state index contributed by atoms with van der Waals surface area (Å²) in [6.07, 6.45) is 4.70. The van der Waals surface area contributed by atoms with Gasteiger partial charge in [0.15, 0.2) is 5.82 Å². The number of amides is 1. The molecule has 3 aromatic rings. The van der Waals surface area contributed by atoms with Crippen molar-refractivity contribution in [1.29, 1.82) is 0 Å². The third-order valence-electron chi connectivity index (χ3n) is 6.21. The van der Waals surface area contributed by atoms with Crippen LogP contribution in [-0.4, -0.2) is 50.3 Å². The fraction of sp³-hybridized carbons (Fsp3) is 0.478. The summed E-state index contributed by atoms with van der Waals surface area (Å²) in [5, 5.41) is 18.1. The van der Waals surface area contributed by atoms with Gasteiger partial charge in [-0.25, -0.2) is 9.78 Å². The molecule has 0 radical (unpaired) electrons. The van der Waals surface area contributed by atoms with Crippen molar-refractivity contribution < 1.29 is 14.3 Å². The normalized spacial score (nSPS) is 21.5. The maximum absolute atomic E-state index is 12.1. The maximum Gasteiger partial charge on any atom is 0.407 e. The van der Waals surface area contributed by atoms with E-state index in [1.54, 1.807) is 0 Å². The molecular formula is C23H29N7O3. The van der Waals surface area contributed by atoms with Crippen molar-refractivity contribution in [2.75, 3.05) is 18.5 Å². The summed E-state index contributed by atoms with van der Waals surface area (Å²) < 4.78 is 13.3. The third-order valence-corrected chi connectivity index (χ3v) is 6.21. The Morgan fingerprint density at radius 2 is 2.09 bits per heavy atom. The van der Waals surface area contributed by atoms with E-state index < -0.39 is 0 Å². The fourth-order valence-corrected chi connectivity index (χ4v) is 4.63. The molecule has 1 fully saturated rings. The van der Waals surface area contributed by atoms with E-state index in [9.17, 15) is 4.79 Å². The number of fused-ring (bicyclic) bond motifs is 7. The molecule has 2 atom stereocenters. The first kappa shape index (κ1) is 21.4. The molecule has 4 heterocycles. The SMILES string of the molecule is Cc1cnn(C)c1-c1cc2nc(c1)Nc1cc([nH]n1)[C@H]1CC[C@H](C1)OC(=O)NCCCOC2. The minimum Gasteiger partial charge on any atom is -0.446 e. The first-order valence-corrected chi connectivity index (χ1v) is 11.4. The maximum atomic E-state index is 12.1. The Morgan fingerprint density at radius 3 is 2.94 bits per heavy atom. The Bertz CT molecular complexity index is 1120. The zero-order valence-corrected chi connectivity index (χ0v) is 18.9. The predicted molar refractivity (Wildman–Crippen MR) is 122 cm³/mol. The highest BCUT2D eigenvalue weighted by Crippen LogP contribution is 2.36. The fourth-order valence-electron chi connectivity index (χ4n) is 4.63. The summed E-state index contributed by atoms with van der Waals surface area (Å²) in [6.45, 7) is 3.42. The highest BCUT2D eigenvalue weighted by molar-refractivity contribution is 5.69. The van der Waals surface area contributed by atoms with E-state index in [0.717, 1.165) is 47.5 Å². The molecular weight excluding hydrogens is 422 g/mol. The number of pyridine rings is 1. The van der Waals surface area contributed by atoms with Gasteiger partial charge in [0, 0.05) is 43.4 Å². The molecule has 2 aliphatic rings. The summed E-state index contributed by atoms with van der Waals surface area (Å²) in [5.74, 6) is 1.68. The number of nitrogens with one attached hydrogen (secondary N) is 3. The summed E-state index contributed by atoms with van der Waals surface area (Å²) in [4.78, 5) is 16.8. The van der Waals surface area contributed by atoms with Crippen LogP contribution in [0.4, 0.5) is 16.4 Å². The van der Waals surface area contributed by atoms with Crippen LogP contribution >= 0.6 is 0 Å². The third kappa shape index (κ3) is 4.85. The smallest absolute Gasteiger partial charge is 0.407 e. The van der Waals surface area contributed by atoms with E-state index in [1.165, 1.54) is 0 Å². The largest absolute Gasteiger partial charge is 0.446 e. The molecule has 10 heteroatoms. The molecule has 0 spiro atoms. The standard InChI is InChI=1S/C23H29N7O3/c1-14-12-25-30(2)22(14)16-8-17-13-32-7-3-6-24-23(31)33-18-5-4-15(9-18)19-11-21(29-28-19)27-20(10-16)26-17/h8,10-12,15,18H,3-7,9,13H2,1-2H3,(H,24,31)(H2,26,27,28,29)/t15-,18+/m0/s1. The minimum absolute atomic E-state index is 0.0760. The predicted octanol–water partition coefficient (Wildman–Crippen LogP) is 3.54. The van der Waals surface area contributed by atoms with Crippen LogP contribution in [0.15, 0.2) is 24.4 Å². The van der Waals surface area contributed by atoms with Crippen molar-refractivity contribution >= 4 is 17.7 Å². The van der Waals surface area contributed by atoms with Gasteiger partial charge in [0.1, 0.15) is 11.9 Å².